The standard InChI is InChI=1S/C17H20N4O5S/c1-20-9-18-5-12(20)17(24)21-6-10(4-11(22)7-21)19-16(23)15-14-13(8-27-15)25-2-3-26-14/h5,8-11,22H,2-4,6-7H2,1H3,(H,19,23)/t10-,11+/m0/s1. The molecule has 1 saturated heterocycles. The molecule has 9 nitrogen and oxygen atoms in total. The molecule has 144 valence electrons. The average molecular weight is 392 g/mol. The molecule has 4 rings (SSSR count). The number of nitrogens with zero attached hydrogens (tertiary/aromatic N) is 3. The van der Waals surface area contributed by atoms with Crippen LogP contribution < -0.4 is 14.8 Å². The van der Waals surface area contributed by atoms with Gasteiger partial charge in [0, 0.05) is 31.6 Å². The number of piperidine rings is 1. The number of imidazole rings is 1. The zero-order valence-corrected chi connectivity index (χ0v) is 15.6. The number of β-amino-alcohol motifs (C(OH)–C–C–N with tert-alkyl or cyclic N) is 1. The van der Waals surface area contributed by atoms with Crippen LogP contribution in [0, 0.1) is 0 Å². The van der Waals surface area contributed by atoms with Crippen LogP contribution in [0.4, 0.5) is 0 Å². The zero-order valence-electron chi connectivity index (χ0n) is 14.8. The fraction of sp³-hybridized carbons (Fsp3) is 0.471. The van der Waals surface area contributed by atoms with Crippen LogP contribution in [-0.4, -0.2) is 69.8 Å². The van der Waals surface area contributed by atoms with Crippen molar-refractivity contribution in [3.05, 3.63) is 28.5 Å². The first kappa shape index (κ1) is 17.8. The number of aromatic nitrogens is 2. The van der Waals surface area contributed by atoms with Gasteiger partial charge in [0.15, 0.2) is 11.5 Å². The summed E-state index contributed by atoms with van der Waals surface area (Å²) in [6, 6.07) is -0.360. The molecule has 2 N–H and O–H groups in total. The smallest absolute Gasteiger partial charge is 0.272 e. The van der Waals surface area contributed by atoms with Gasteiger partial charge in [0.25, 0.3) is 11.8 Å². The van der Waals surface area contributed by atoms with Crippen LogP contribution in [-0.2, 0) is 7.05 Å². The lowest BCUT2D eigenvalue weighted by molar-refractivity contribution is 0.0364. The normalized spacial score (nSPS) is 21.8. The van der Waals surface area contributed by atoms with Crippen molar-refractivity contribution in [1.82, 2.24) is 19.8 Å². The molecule has 2 aliphatic rings. The number of thiophene rings is 1. The van der Waals surface area contributed by atoms with E-state index in [2.05, 4.69) is 10.3 Å². The Morgan fingerprint density at radius 1 is 1.33 bits per heavy atom. The molecule has 10 heteroatoms. The van der Waals surface area contributed by atoms with Crippen LogP contribution in [0.25, 0.3) is 0 Å². The third-order valence-corrected chi connectivity index (χ3v) is 5.53. The second-order valence-corrected chi connectivity index (χ2v) is 7.49. The maximum absolute atomic E-state index is 12.7. The van der Waals surface area contributed by atoms with Crippen LogP contribution in [0.3, 0.4) is 0 Å². The van der Waals surface area contributed by atoms with Gasteiger partial charge in [-0.2, -0.15) is 0 Å². The van der Waals surface area contributed by atoms with Gasteiger partial charge >= 0.3 is 0 Å². The van der Waals surface area contributed by atoms with Crippen molar-refractivity contribution in [2.24, 2.45) is 7.05 Å². The van der Waals surface area contributed by atoms with E-state index >= 15 is 0 Å². The maximum atomic E-state index is 12.7. The molecular weight excluding hydrogens is 372 g/mol. The molecule has 0 spiro atoms. The van der Waals surface area contributed by atoms with Gasteiger partial charge in [-0.3, -0.25) is 9.59 Å². The Morgan fingerprint density at radius 3 is 2.93 bits per heavy atom. The van der Waals surface area contributed by atoms with E-state index in [4.69, 9.17) is 9.47 Å². The van der Waals surface area contributed by atoms with Crippen molar-refractivity contribution in [3.8, 4) is 11.5 Å². The number of aryl methyl sites for hydroxylation is 1. The molecule has 2 aromatic heterocycles. The average Bonchev–Trinajstić information content (AvgIpc) is 3.26. The van der Waals surface area contributed by atoms with Crippen molar-refractivity contribution < 1.29 is 24.2 Å². The molecule has 0 radical (unpaired) electrons. The highest BCUT2D eigenvalue weighted by Gasteiger charge is 2.33. The number of rotatable bonds is 3. The SMILES string of the molecule is Cn1cncc1C(=O)N1C[C@H](O)C[C@H](NC(=O)c2scc3c2OCCO3)C1. The number of carbonyl (C=O) groups excluding carboxylic acids is 2. The van der Waals surface area contributed by atoms with Gasteiger partial charge in [-0.1, -0.05) is 0 Å². The summed E-state index contributed by atoms with van der Waals surface area (Å²) in [5.41, 5.74) is 0.437. The van der Waals surface area contributed by atoms with Gasteiger partial charge in [0.05, 0.1) is 18.6 Å². The summed E-state index contributed by atoms with van der Waals surface area (Å²) in [6.07, 6.45) is 2.71. The van der Waals surface area contributed by atoms with Crippen LogP contribution in [0.2, 0.25) is 0 Å². The number of aliphatic hydroxyl groups is 1. The second kappa shape index (κ2) is 7.20. The van der Waals surface area contributed by atoms with E-state index in [1.807, 2.05) is 0 Å². The highest BCUT2D eigenvalue weighted by Crippen LogP contribution is 2.39. The van der Waals surface area contributed by atoms with Crippen LogP contribution in [0.5, 0.6) is 11.5 Å². The Hall–Kier alpha value is -2.59. The molecule has 2 aliphatic heterocycles. The Bertz CT molecular complexity index is 863. The molecule has 4 heterocycles. The topological polar surface area (TPSA) is 106 Å². The van der Waals surface area contributed by atoms with Crippen molar-refractivity contribution in [2.45, 2.75) is 18.6 Å². The van der Waals surface area contributed by atoms with E-state index in [-0.39, 0.29) is 24.4 Å². The summed E-state index contributed by atoms with van der Waals surface area (Å²) < 4.78 is 12.6. The molecule has 2 atom stereocenters. The number of amides is 2. The monoisotopic (exact) mass is 392 g/mol. The third-order valence-electron chi connectivity index (χ3n) is 4.59. The number of fused-ring (bicyclic) bond motifs is 1. The van der Waals surface area contributed by atoms with Gasteiger partial charge in [-0.15, -0.1) is 11.3 Å². The largest absolute Gasteiger partial charge is 0.485 e. The molecule has 0 bridgehead atoms. The quantitative estimate of drug-likeness (QED) is 0.776. The summed E-state index contributed by atoms with van der Waals surface area (Å²) in [5, 5.41) is 14.8. The van der Waals surface area contributed by atoms with E-state index in [9.17, 15) is 14.7 Å². The van der Waals surface area contributed by atoms with E-state index < -0.39 is 6.10 Å². The van der Waals surface area contributed by atoms with Crippen LogP contribution in [0.15, 0.2) is 17.9 Å². The Kier molecular flexibility index (Phi) is 4.75. The van der Waals surface area contributed by atoms with Crippen molar-refractivity contribution in [1.29, 1.82) is 0 Å². The number of nitrogens with one attached hydrogen (secondary N) is 1. The Balaban J connectivity index is 1.46. The Labute approximate surface area is 159 Å². The minimum atomic E-state index is -0.710. The summed E-state index contributed by atoms with van der Waals surface area (Å²) in [6.45, 7) is 1.41. The first-order valence-corrected chi connectivity index (χ1v) is 9.52. The number of likely N-dealkylation sites (tertiary alicyclic amines) is 1. The summed E-state index contributed by atoms with van der Waals surface area (Å²) in [7, 11) is 1.74. The van der Waals surface area contributed by atoms with E-state index in [1.54, 1.807) is 28.2 Å². The number of ether oxygens (including phenoxy) is 2. The fourth-order valence-corrected chi connectivity index (χ4v) is 4.17. The molecular formula is C17H20N4O5S. The lowest BCUT2D eigenvalue weighted by atomic mass is 10.0. The Morgan fingerprint density at radius 2 is 2.15 bits per heavy atom. The molecule has 0 saturated carbocycles. The lowest BCUT2D eigenvalue weighted by Gasteiger charge is -2.36. The predicted molar refractivity (Wildman–Crippen MR) is 96.3 cm³/mol. The van der Waals surface area contributed by atoms with E-state index in [1.165, 1.54) is 17.5 Å². The number of carbonyl (C=O) groups is 2. The minimum Gasteiger partial charge on any atom is -0.485 e. The fourth-order valence-electron chi connectivity index (χ4n) is 3.34. The number of aliphatic hydroxyl groups excluding tert-OH is 1. The summed E-state index contributed by atoms with van der Waals surface area (Å²) in [4.78, 5) is 31.3. The first-order chi connectivity index (χ1) is 13.0. The van der Waals surface area contributed by atoms with Crippen molar-refractivity contribution >= 4 is 23.2 Å². The third kappa shape index (κ3) is 3.50. The zero-order chi connectivity index (χ0) is 19.0. The van der Waals surface area contributed by atoms with E-state index in [0.29, 0.717) is 48.2 Å². The second-order valence-electron chi connectivity index (χ2n) is 6.61. The van der Waals surface area contributed by atoms with Gasteiger partial charge in [0.2, 0.25) is 0 Å². The first-order valence-electron chi connectivity index (χ1n) is 8.64. The number of hydrogen-bond acceptors (Lipinski definition) is 7. The summed E-state index contributed by atoms with van der Waals surface area (Å²) >= 11 is 1.25. The van der Waals surface area contributed by atoms with Crippen LogP contribution in [0.1, 0.15) is 26.6 Å². The van der Waals surface area contributed by atoms with Crippen molar-refractivity contribution in [2.75, 3.05) is 26.3 Å². The highest BCUT2D eigenvalue weighted by molar-refractivity contribution is 7.12. The molecule has 2 amide bonds. The summed E-state index contributed by atoms with van der Waals surface area (Å²) in [5.74, 6) is 0.521. The number of hydrogen-bond donors (Lipinski definition) is 2. The van der Waals surface area contributed by atoms with E-state index in [0.717, 1.165) is 0 Å². The predicted octanol–water partition coefficient (Wildman–Crippen LogP) is 0.258. The molecule has 0 unspecified atom stereocenters. The van der Waals surface area contributed by atoms with Gasteiger partial charge in [-0.25, -0.2) is 4.98 Å². The van der Waals surface area contributed by atoms with Crippen LogP contribution >= 0.6 is 11.3 Å². The maximum Gasteiger partial charge on any atom is 0.272 e. The molecule has 0 aliphatic carbocycles. The lowest BCUT2D eigenvalue weighted by Crippen LogP contribution is -2.54. The minimum absolute atomic E-state index is 0.224. The molecule has 2 aromatic rings. The van der Waals surface area contributed by atoms with Gasteiger partial charge in [0.1, 0.15) is 23.8 Å². The molecule has 0 aromatic carbocycles. The molecule has 1 fully saturated rings. The van der Waals surface area contributed by atoms with Gasteiger partial charge < -0.3 is 29.4 Å². The highest BCUT2D eigenvalue weighted by atomic mass is 32.1. The van der Waals surface area contributed by atoms with Crippen molar-refractivity contribution in [3.63, 3.8) is 0 Å². The molecule has 27 heavy (non-hydrogen) atoms. The van der Waals surface area contributed by atoms with Gasteiger partial charge in [-0.05, 0) is 6.42 Å².